The van der Waals surface area contributed by atoms with Crippen LogP contribution in [0.3, 0.4) is 0 Å². The zero-order chi connectivity index (χ0) is 25.9. The number of nitrogens with zero attached hydrogens (tertiary/aromatic N) is 2. The number of benzene rings is 3. The van der Waals surface area contributed by atoms with Gasteiger partial charge < -0.3 is 15.3 Å². The number of nitrogens with one attached hydrogen (secondary N) is 1. The second kappa shape index (κ2) is 11.0. The van der Waals surface area contributed by atoms with Crippen LogP contribution in [-0.2, 0) is 6.54 Å². The number of aliphatic hydroxyl groups excluding tert-OH is 1. The smallest absolute Gasteiger partial charge is 0.254 e. The van der Waals surface area contributed by atoms with Gasteiger partial charge in [0, 0.05) is 41.3 Å². The Hall–Kier alpha value is -3.25. The number of piperidine rings is 1. The number of halogens is 1. The summed E-state index contributed by atoms with van der Waals surface area (Å²) in [5.74, 6) is -0.0385. The van der Waals surface area contributed by atoms with E-state index in [4.69, 9.17) is 11.6 Å². The Balaban J connectivity index is 1.38. The molecule has 0 unspecified atom stereocenters. The van der Waals surface area contributed by atoms with E-state index in [0.29, 0.717) is 30.1 Å². The molecule has 1 aromatic heterocycles. The van der Waals surface area contributed by atoms with Crippen molar-refractivity contribution < 1.29 is 9.90 Å². The Labute approximate surface area is 223 Å². The molecule has 0 aliphatic carbocycles. The molecular weight excluding hydrogens is 482 g/mol. The Morgan fingerprint density at radius 1 is 1.08 bits per heavy atom. The van der Waals surface area contributed by atoms with Crippen LogP contribution in [0.4, 0.5) is 0 Å². The van der Waals surface area contributed by atoms with E-state index in [1.807, 2.05) is 73.5 Å². The van der Waals surface area contributed by atoms with Gasteiger partial charge in [0.05, 0.1) is 17.7 Å². The molecular formula is C31H32ClN3O2. The van der Waals surface area contributed by atoms with E-state index in [1.54, 1.807) is 12.1 Å². The molecule has 1 amide bonds. The molecule has 1 aliphatic heterocycles. The third-order valence-corrected chi connectivity index (χ3v) is 7.52. The van der Waals surface area contributed by atoms with Gasteiger partial charge in [0.1, 0.15) is 0 Å². The average molecular weight is 514 g/mol. The van der Waals surface area contributed by atoms with Gasteiger partial charge in [-0.3, -0.25) is 9.78 Å². The second-order valence-electron chi connectivity index (χ2n) is 10.0. The number of likely N-dealkylation sites (tertiary alicyclic amines) is 1. The quantitative estimate of drug-likeness (QED) is 0.332. The number of hydrogen-bond donors (Lipinski definition) is 2. The highest BCUT2D eigenvalue weighted by Gasteiger charge is 2.37. The van der Waals surface area contributed by atoms with E-state index < -0.39 is 6.10 Å². The molecule has 1 aliphatic rings. The molecule has 0 spiro atoms. The normalized spacial score (nSPS) is 18.6. The molecule has 3 aromatic carbocycles. The van der Waals surface area contributed by atoms with Crippen LogP contribution in [0, 0.1) is 13.8 Å². The number of carbonyl (C=O) groups is 1. The number of hydrogen-bond acceptors (Lipinski definition) is 4. The molecule has 3 atom stereocenters. The van der Waals surface area contributed by atoms with Gasteiger partial charge in [-0.1, -0.05) is 59.1 Å². The van der Waals surface area contributed by atoms with Gasteiger partial charge in [-0.2, -0.15) is 0 Å². The molecule has 4 aromatic rings. The summed E-state index contributed by atoms with van der Waals surface area (Å²) < 4.78 is 0. The summed E-state index contributed by atoms with van der Waals surface area (Å²) >= 11 is 6.09. The first-order valence-electron chi connectivity index (χ1n) is 12.8. The Morgan fingerprint density at radius 2 is 1.81 bits per heavy atom. The van der Waals surface area contributed by atoms with Crippen molar-refractivity contribution in [3.63, 3.8) is 0 Å². The minimum atomic E-state index is -0.821. The number of aliphatic hydroxyl groups is 1. The van der Waals surface area contributed by atoms with E-state index in [1.165, 1.54) is 5.56 Å². The minimum Gasteiger partial charge on any atom is -0.386 e. The van der Waals surface area contributed by atoms with Crippen LogP contribution in [0.25, 0.3) is 10.9 Å². The fraction of sp³-hybridized carbons (Fsp3) is 0.290. The number of aromatic nitrogens is 1. The van der Waals surface area contributed by atoms with Gasteiger partial charge in [0.25, 0.3) is 5.91 Å². The third-order valence-electron chi connectivity index (χ3n) is 7.27. The molecule has 0 bridgehead atoms. The lowest BCUT2D eigenvalue weighted by Gasteiger charge is -2.42. The van der Waals surface area contributed by atoms with Crippen LogP contribution in [-0.4, -0.2) is 39.5 Å². The van der Waals surface area contributed by atoms with Crippen molar-refractivity contribution in [1.29, 1.82) is 0 Å². The zero-order valence-electron chi connectivity index (χ0n) is 21.2. The summed E-state index contributed by atoms with van der Waals surface area (Å²) in [5, 5.41) is 16.9. The molecule has 190 valence electrons. The minimum absolute atomic E-state index is 0.0385. The maximum Gasteiger partial charge on any atom is 0.254 e. The van der Waals surface area contributed by atoms with Crippen LogP contribution < -0.4 is 5.32 Å². The van der Waals surface area contributed by atoms with E-state index in [0.717, 1.165) is 34.0 Å². The van der Waals surface area contributed by atoms with Crippen molar-refractivity contribution in [1.82, 2.24) is 15.2 Å². The Morgan fingerprint density at radius 3 is 2.57 bits per heavy atom. The highest BCUT2D eigenvalue weighted by molar-refractivity contribution is 6.30. The SMILES string of the molecule is Cc1cc(C)cc(C(=O)N2CC[C@H](NCc3ccnc4ccccc34)C[C@@H]2[C@H](O)c2ccc(Cl)cc2)c1. The molecule has 5 rings (SSSR count). The van der Waals surface area contributed by atoms with Crippen molar-refractivity contribution in [3.05, 3.63) is 112 Å². The van der Waals surface area contributed by atoms with Gasteiger partial charge >= 0.3 is 0 Å². The van der Waals surface area contributed by atoms with Gasteiger partial charge in [-0.15, -0.1) is 0 Å². The first-order chi connectivity index (χ1) is 17.9. The molecule has 1 saturated heterocycles. The molecule has 37 heavy (non-hydrogen) atoms. The summed E-state index contributed by atoms with van der Waals surface area (Å²) in [7, 11) is 0. The van der Waals surface area contributed by atoms with Crippen molar-refractivity contribution >= 4 is 28.4 Å². The largest absolute Gasteiger partial charge is 0.386 e. The Kier molecular flexibility index (Phi) is 7.56. The average Bonchev–Trinajstić information content (AvgIpc) is 2.91. The highest BCUT2D eigenvalue weighted by Crippen LogP contribution is 2.31. The number of fused-ring (bicyclic) bond motifs is 1. The number of aryl methyl sites for hydroxylation is 2. The first-order valence-corrected chi connectivity index (χ1v) is 13.2. The first kappa shape index (κ1) is 25.4. The number of para-hydroxylation sites is 1. The molecule has 0 saturated carbocycles. The maximum atomic E-state index is 13.7. The molecule has 0 radical (unpaired) electrons. The predicted octanol–water partition coefficient (Wildman–Crippen LogP) is 6.00. The van der Waals surface area contributed by atoms with E-state index in [9.17, 15) is 9.90 Å². The number of amides is 1. The highest BCUT2D eigenvalue weighted by atomic mass is 35.5. The van der Waals surface area contributed by atoms with Gasteiger partial charge in [-0.05, 0) is 74.2 Å². The number of rotatable bonds is 6. The fourth-order valence-corrected chi connectivity index (χ4v) is 5.57. The number of carbonyl (C=O) groups excluding carboxylic acids is 1. The fourth-order valence-electron chi connectivity index (χ4n) is 5.44. The van der Waals surface area contributed by atoms with Gasteiger partial charge in [0.2, 0.25) is 0 Å². The van der Waals surface area contributed by atoms with Crippen molar-refractivity contribution in [2.75, 3.05) is 6.54 Å². The summed E-state index contributed by atoms with van der Waals surface area (Å²) in [6, 6.07) is 23.2. The maximum absolute atomic E-state index is 13.7. The monoisotopic (exact) mass is 513 g/mol. The lowest BCUT2D eigenvalue weighted by atomic mass is 9.89. The van der Waals surface area contributed by atoms with Crippen LogP contribution in [0.15, 0.2) is 79.0 Å². The topological polar surface area (TPSA) is 65.5 Å². The van der Waals surface area contributed by atoms with Crippen LogP contribution >= 0.6 is 11.6 Å². The zero-order valence-corrected chi connectivity index (χ0v) is 21.9. The summed E-state index contributed by atoms with van der Waals surface area (Å²) in [6.45, 7) is 5.27. The standard InChI is InChI=1S/C31H32ClN3O2/c1-20-15-21(2)17-24(16-20)31(37)35-14-12-26(18-29(35)30(36)22-7-9-25(32)10-8-22)34-19-23-11-13-33-28-6-4-3-5-27(23)28/h3-11,13,15-17,26,29-30,34,36H,12,14,18-19H2,1-2H3/t26-,29+,30+/m0/s1. The predicted molar refractivity (Wildman–Crippen MR) is 149 cm³/mol. The summed E-state index contributed by atoms with van der Waals surface area (Å²) in [5.41, 5.74) is 5.70. The second-order valence-corrected chi connectivity index (χ2v) is 10.5. The van der Waals surface area contributed by atoms with Gasteiger partial charge in [0.15, 0.2) is 0 Å². The lowest BCUT2D eigenvalue weighted by Crippen LogP contribution is -2.53. The van der Waals surface area contributed by atoms with E-state index >= 15 is 0 Å². The van der Waals surface area contributed by atoms with E-state index in [2.05, 4.69) is 22.4 Å². The van der Waals surface area contributed by atoms with Crippen molar-refractivity contribution in [2.45, 2.75) is 51.4 Å². The molecule has 2 heterocycles. The summed E-state index contributed by atoms with van der Waals surface area (Å²) in [6.07, 6.45) is 2.48. The molecule has 1 fully saturated rings. The lowest BCUT2D eigenvalue weighted by molar-refractivity contribution is 0.0144. The van der Waals surface area contributed by atoms with Crippen molar-refractivity contribution in [2.24, 2.45) is 0 Å². The summed E-state index contributed by atoms with van der Waals surface area (Å²) in [4.78, 5) is 20.0. The number of pyridine rings is 1. The molecule has 5 nitrogen and oxygen atoms in total. The molecule has 2 N–H and O–H groups in total. The van der Waals surface area contributed by atoms with Crippen LogP contribution in [0.5, 0.6) is 0 Å². The van der Waals surface area contributed by atoms with Crippen molar-refractivity contribution in [3.8, 4) is 0 Å². The third kappa shape index (κ3) is 5.69. The molecule has 6 heteroatoms. The Bertz CT molecular complexity index is 1380. The van der Waals surface area contributed by atoms with Gasteiger partial charge in [-0.25, -0.2) is 0 Å². The van der Waals surface area contributed by atoms with Crippen LogP contribution in [0.1, 0.15) is 51.6 Å². The van der Waals surface area contributed by atoms with Crippen LogP contribution in [0.2, 0.25) is 5.02 Å². The van der Waals surface area contributed by atoms with E-state index in [-0.39, 0.29) is 18.0 Å².